The zero-order chi connectivity index (χ0) is 14.8. The van der Waals surface area contributed by atoms with Crippen LogP contribution in [0, 0.1) is 11.3 Å². The normalized spacial score (nSPS) is 11.0. The van der Waals surface area contributed by atoms with Crippen molar-refractivity contribution in [2.45, 2.75) is 19.4 Å². The minimum Gasteiger partial charge on any atom is -0.479 e. The smallest absolute Gasteiger partial charge is 0.347 e. The van der Waals surface area contributed by atoms with Crippen molar-refractivity contribution < 1.29 is 19.1 Å². The van der Waals surface area contributed by atoms with Gasteiger partial charge in [-0.1, -0.05) is 18.2 Å². The number of hydrogen-bond donors (Lipinski definition) is 1. The molecule has 1 aromatic rings. The van der Waals surface area contributed by atoms with Gasteiger partial charge in [-0.2, -0.15) is 5.26 Å². The molecule has 6 heteroatoms. The molecule has 6 nitrogen and oxygen atoms in total. The van der Waals surface area contributed by atoms with Gasteiger partial charge in [0.1, 0.15) is 5.75 Å². The molecule has 1 aromatic carbocycles. The third-order valence-corrected chi connectivity index (χ3v) is 2.29. The highest BCUT2D eigenvalue weighted by Crippen LogP contribution is 2.11. The Morgan fingerprint density at radius 1 is 1.35 bits per heavy atom. The van der Waals surface area contributed by atoms with E-state index in [0.717, 1.165) is 0 Å². The Balaban J connectivity index is 2.28. The molecule has 1 amide bonds. The fraction of sp³-hybridized carbons (Fsp3) is 0.357. The molecule has 1 atom stereocenters. The maximum Gasteiger partial charge on any atom is 0.347 e. The van der Waals surface area contributed by atoms with Crippen molar-refractivity contribution in [3.05, 3.63) is 30.3 Å². The lowest BCUT2D eigenvalue weighted by molar-refractivity contribution is -0.154. The summed E-state index contributed by atoms with van der Waals surface area (Å²) in [5, 5.41) is 10.8. The number of para-hydroxylation sites is 1. The van der Waals surface area contributed by atoms with Gasteiger partial charge in [0.15, 0.2) is 12.7 Å². The predicted molar refractivity (Wildman–Crippen MR) is 70.7 cm³/mol. The fourth-order valence-electron chi connectivity index (χ4n) is 1.31. The van der Waals surface area contributed by atoms with Gasteiger partial charge in [-0.3, -0.25) is 4.79 Å². The highest BCUT2D eigenvalue weighted by atomic mass is 16.6. The molecule has 0 saturated carbocycles. The van der Waals surface area contributed by atoms with Crippen LogP contribution < -0.4 is 10.1 Å². The van der Waals surface area contributed by atoms with Crippen molar-refractivity contribution in [3.8, 4) is 11.8 Å². The summed E-state index contributed by atoms with van der Waals surface area (Å²) in [5.74, 6) is -0.514. The van der Waals surface area contributed by atoms with Crippen LogP contribution in [0.5, 0.6) is 5.75 Å². The number of hydrogen-bond acceptors (Lipinski definition) is 5. The van der Waals surface area contributed by atoms with E-state index in [-0.39, 0.29) is 19.6 Å². The van der Waals surface area contributed by atoms with Crippen LogP contribution in [0.3, 0.4) is 0 Å². The predicted octanol–water partition coefficient (Wildman–Crippen LogP) is 1.03. The topological polar surface area (TPSA) is 88.4 Å². The van der Waals surface area contributed by atoms with Crippen molar-refractivity contribution in [2.75, 3.05) is 13.2 Å². The number of ether oxygens (including phenoxy) is 2. The van der Waals surface area contributed by atoms with Crippen molar-refractivity contribution in [2.24, 2.45) is 0 Å². The Morgan fingerprint density at radius 2 is 2.05 bits per heavy atom. The first-order valence-corrected chi connectivity index (χ1v) is 6.15. The minimum absolute atomic E-state index is 0.215. The van der Waals surface area contributed by atoms with Crippen LogP contribution >= 0.6 is 0 Å². The van der Waals surface area contributed by atoms with Crippen molar-refractivity contribution >= 4 is 11.9 Å². The minimum atomic E-state index is -0.802. The third kappa shape index (κ3) is 5.87. The van der Waals surface area contributed by atoms with E-state index in [9.17, 15) is 9.59 Å². The number of nitrogens with zero attached hydrogens (tertiary/aromatic N) is 1. The molecule has 0 bridgehead atoms. The molecule has 0 fully saturated rings. The average molecular weight is 276 g/mol. The first-order valence-electron chi connectivity index (χ1n) is 6.15. The lowest BCUT2D eigenvalue weighted by Crippen LogP contribution is -2.33. The Labute approximate surface area is 117 Å². The highest BCUT2D eigenvalue weighted by molar-refractivity contribution is 5.81. The van der Waals surface area contributed by atoms with Crippen LogP contribution in [0.1, 0.15) is 13.3 Å². The van der Waals surface area contributed by atoms with E-state index in [0.29, 0.717) is 5.75 Å². The number of esters is 1. The maximum absolute atomic E-state index is 11.6. The number of nitriles is 1. The first kappa shape index (κ1) is 15.5. The van der Waals surface area contributed by atoms with Crippen molar-refractivity contribution in [1.29, 1.82) is 5.26 Å². The van der Waals surface area contributed by atoms with Crippen LogP contribution in [-0.4, -0.2) is 31.1 Å². The summed E-state index contributed by atoms with van der Waals surface area (Å²) in [7, 11) is 0. The van der Waals surface area contributed by atoms with Gasteiger partial charge in [-0.15, -0.1) is 0 Å². The van der Waals surface area contributed by atoms with E-state index in [1.807, 2.05) is 12.1 Å². The van der Waals surface area contributed by atoms with Crippen LogP contribution in [-0.2, 0) is 14.3 Å². The van der Waals surface area contributed by atoms with Gasteiger partial charge in [0.05, 0.1) is 12.5 Å². The molecule has 0 aliphatic carbocycles. The quantitative estimate of drug-likeness (QED) is 0.593. The maximum atomic E-state index is 11.6. The number of carbonyl (C=O) groups excluding carboxylic acids is 2. The summed E-state index contributed by atoms with van der Waals surface area (Å²) in [6.45, 7) is 1.40. The molecule has 0 spiro atoms. The molecule has 0 aromatic heterocycles. The Morgan fingerprint density at radius 3 is 2.70 bits per heavy atom. The van der Waals surface area contributed by atoms with Crippen LogP contribution in [0.4, 0.5) is 0 Å². The molecule has 1 unspecified atom stereocenters. The van der Waals surface area contributed by atoms with E-state index in [1.54, 1.807) is 31.2 Å². The van der Waals surface area contributed by atoms with E-state index in [2.05, 4.69) is 5.32 Å². The second kappa shape index (κ2) is 8.53. The first-order chi connectivity index (χ1) is 9.63. The largest absolute Gasteiger partial charge is 0.479 e. The summed E-state index contributed by atoms with van der Waals surface area (Å²) in [6.07, 6.45) is -0.586. The monoisotopic (exact) mass is 276 g/mol. The lowest BCUT2D eigenvalue weighted by atomic mass is 10.3. The summed E-state index contributed by atoms with van der Waals surface area (Å²) >= 11 is 0. The molecular formula is C14H16N2O4. The molecule has 0 aliphatic rings. The lowest BCUT2D eigenvalue weighted by Gasteiger charge is -2.13. The molecule has 106 valence electrons. The molecule has 0 heterocycles. The highest BCUT2D eigenvalue weighted by Gasteiger charge is 2.17. The number of carbonyl (C=O) groups is 2. The Kier molecular flexibility index (Phi) is 6.62. The number of amides is 1. The van der Waals surface area contributed by atoms with Gasteiger partial charge >= 0.3 is 5.97 Å². The molecule has 0 aliphatic heterocycles. The van der Waals surface area contributed by atoms with Crippen LogP contribution in [0.25, 0.3) is 0 Å². The van der Waals surface area contributed by atoms with Crippen molar-refractivity contribution in [1.82, 2.24) is 5.32 Å². The van der Waals surface area contributed by atoms with Crippen LogP contribution in [0.15, 0.2) is 30.3 Å². The fourth-order valence-corrected chi connectivity index (χ4v) is 1.31. The number of nitrogens with one attached hydrogen (secondary N) is 1. The van der Waals surface area contributed by atoms with Crippen LogP contribution in [0.2, 0.25) is 0 Å². The standard InChI is InChI=1S/C14H16N2O4/c1-11(20-12-6-3-2-4-7-12)14(18)19-10-13(17)16-9-5-8-15/h2-4,6-7,11H,5,9-10H2,1H3,(H,16,17). The van der Waals surface area contributed by atoms with E-state index < -0.39 is 18.0 Å². The second-order valence-electron chi connectivity index (χ2n) is 3.94. The van der Waals surface area contributed by atoms with E-state index in [1.165, 1.54) is 0 Å². The van der Waals surface area contributed by atoms with E-state index in [4.69, 9.17) is 14.7 Å². The Bertz CT molecular complexity index is 482. The average Bonchev–Trinajstić information content (AvgIpc) is 2.46. The molecule has 1 N–H and O–H groups in total. The Hall–Kier alpha value is -2.55. The third-order valence-electron chi connectivity index (χ3n) is 2.29. The second-order valence-corrected chi connectivity index (χ2v) is 3.94. The zero-order valence-corrected chi connectivity index (χ0v) is 11.2. The van der Waals surface area contributed by atoms with Gasteiger partial charge < -0.3 is 14.8 Å². The van der Waals surface area contributed by atoms with Gasteiger partial charge in [0, 0.05) is 6.54 Å². The van der Waals surface area contributed by atoms with Crippen molar-refractivity contribution in [3.63, 3.8) is 0 Å². The van der Waals surface area contributed by atoms with Gasteiger partial charge in [0.2, 0.25) is 0 Å². The van der Waals surface area contributed by atoms with Gasteiger partial charge in [-0.25, -0.2) is 4.79 Å². The zero-order valence-electron chi connectivity index (χ0n) is 11.2. The molecule has 20 heavy (non-hydrogen) atoms. The summed E-state index contributed by atoms with van der Waals surface area (Å²) < 4.78 is 10.2. The van der Waals surface area contributed by atoms with E-state index >= 15 is 0 Å². The molecule has 1 rings (SSSR count). The van der Waals surface area contributed by atoms with Gasteiger partial charge in [0.25, 0.3) is 5.91 Å². The summed E-state index contributed by atoms with van der Waals surface area (Å²) in [4.78, 5) is 22.9. The summed E-state index contributed by atoms with van der Waals surface area (Å²) in [5.41, 5.74) is 0. The SMILES string of the molecule is CC(Oc1ccccc1)C(=O)OCC(=O)NCCC#N. The molecule has 0 saturated heterocycles. The number of rotatable bonds is 7. The van der Waals surface area contributed by atoms with Gasteiger partial charge in [-0.05, 0) is 19.1 Å². The molecule has 0 radical (unpaired) electrons. The summed E-state index contributed by atoms with van der Waals surface area (Å²) in [6, 6.07) is 10.7. The molecular weight excluding hydrogens is 260 g/mol. The number of benzene rings is 1.